The van der Waals surface area contributed by atoms with Crippen LogP contribution in [0.1, 0.15) is 6.42 Å². The molecule has 0 aromatic carbocycles. The highest BCUT2D eigenvalue weighted by Crippen LogP contribution is 2.52. The van der Waals surface area contributed by atoms with Gasteiger partial charge in [0.2, 0.25) is 5.91 Å². The molecular weight excluding hydrogens is 294 g/mol. The summed E-state index contributed by atoms with van der Waals surface area (Å²) in [5.74, 6) is 0.341. The van der Waals surface area contributed by atoms with Crippen molar-refractivity contribution in [2.45, 2.75) is 23.1 Å². The van der Waals surface area contributed by atoms with Crippen LogP contribution in [0.15, 0.2) is 9.93 Å². The Morgan fingerprint density at radius 3 is 2.78 bits per heavy atom. The fourth-order valence-corrected chi connectivity index (χ4v) is 6.67. The second kappa shape index (κ2) is 4.66. The number of carbonyl (C=O) groups excluding carboxylic acids is 1. The number of amides is 1. The van der Waals surface area contributed by atoms with Gasteiger partial charge in [0, 0.05) is 16.8 Å². The van der Waals surface area contributed by atoms with Gasteiger partial charge >= 0.3 is 5.97 Å². The first kappa shape index (κ1) is 12.7. The van der Waals surface area contributed by atoms with Gasteiger partial charge in [0.05, 0.1) is 22.1 Å². The molecule has 0 saturated carbocycles. The molecule has 0 aromatic heterocycles. The molecule has 2 saturated heterocycles. The number of β-lactam (4-membered cyclic amide) rings is 1. The average Bonchev–Trinajstić information content (AvgIpc) is 2.81. The van der Waals surface area contributed by atoms with E-state index in [9.17, 15) is 19.8 Å². The fraction of sp³-hybridized carbons (Fsp3) is 0.600. The van der Waals surface area contributed by atoms with Crippen LogP contribution in [0.3, 0.4) is 0 Å². The summed E-state index contributed by atoms with van der Waals surface area (Å²) >= 11 is 4.51. The Morgan fingerprint density at radius 2 is 2.22 bits per heavy atom. The lowest BCUT2D eigenvalue weighted by molar-refractivity contribution is -0.145. The van der Waals surface area contributed by atoms with Crippen LogP contribution in [0.5, 0.6) is 0 Å². The lowest BCUT2D eigenvalue weighted by Gasteiger charge is -2.33. The zero-order valence-corrected chi connectivity index (χ0v) is 11.7. The van der Waals surface area contributed by atoms with Crippen LogP contribution in [0.25, 0.3) is 0 Å². The van der Waals surface area contributed by atoms with Gasteiger partial charge in [-0.1, -0.05) is 11.8 Å². The summed E-state index contributed by atoms with van der Waals surface area (Å²) in [6.45, 7) is 0. The molecule has 0 aliphatic carbocycles. The van der Waals surface area contributed by atoms with E-state index in [4.69, 9.17) is 0 Å². The first-order valence-corrected chi connectivity index (χ1v) is 8.38. The standard InChI is InChI=1S/C10H11NO4S3/c12-4-2-16-3-5(4)17-10-8(9(14)15)11-6(13)1-7(11)18-10/h4-5,7,12H,1-3H2,(H,14,15)/t4-,5+,7-/m0/s1. The van der Waals surface area contributed by atoms with Gasteiger partial charge < -0.3 is 10.2 Å². The Hall–Kier alpha value is -0.310. The first-order valence-electron chi connectivity index (χ1n) is 5.46. The second-order valence-electron chi connectivity index (χ2n) is 4.24. The minimum Gasteiger partial charge on any atom is -0.477 e. The van der Waals surface area contributed by atoms with E-state index >= 15 is 0 Å². The summed E-state index contributed by atoms with van der Waals surface area (Å²) in [6.07, 6.45) is 0.0140. The van der Waals surface area contributed by atoms with Crippen LogP contribution in [0.4, 0.5) is 0 Å². The Kier molecular flexibility index (Phi) is 3.29. The van der Waals surface area contributed by atoms with Gasteiger partial charge in [0.25, 0.3) is 0 Å². The summed E-state index contributed by atoms with van der Waals surface area (Å²) in [6, 6.07) is 0. The number of aliphatic carboxylic acids is 1. The van der Waals surface area contributed by atoms with Crippen LogP contribution in [-0.4, -0.2) is 55.2 Å². The molecule has 8 heteroatoms. The van der Waals surface area contributed by atoms with Gasteiger partial charge in [-0.25, -0.2) is 4.79 Å². The van der Waals surface area contributed by atoms with Crippen molar-refractivity contribution in [2.75, 3.05) is 11.5 Å². The average molecular weight is 305 g/mol. The summed E-state index contributed by atoms with van der Waals surface area (Å²) in [4.78, 5) is 24.0. The number of carboxylic acids is 1. The van der Waals surface area contributed by atoms with Crippen molar-refractivity contribution in [3.8, 4) is 0 Å². The van der Waals surface area contributed by atoms with Crippen molar-refractivity contribution in [3.63, 3.8) is 0 Å². The SMILES string of the molecule is O=C(O)C1=C(S[C@@H]2CSC[C@@H]2O)S[C@H]2CC(=O)N12. The van der Waals surface area contributed by atoms with Crippen LogP contribution < -0.4 is 0 Å². The van der Waals surface area contributed by atoms with Gasteiger partial charge in [-0.3, -0.25) is 9.69 Å². The van der Waals surface area contributed by atoms with Gasteiger partial charge in [-0.2, -0.15) is 11.8 Å². The van der Waals surface area contributed by atoms with Crippen LogP contribution >= 0.6 is 35.3 Å². The predicted octanol–water partition coefficient (Wildman–Crippen LogP) is 0.755. The highest BCUT2D eigenvalue weighted by Gasteiger charge is 2.49. The van der Waals surface area contributed by atoms with Crippen LogP contribution in [-0.2, 0) is 9.59 Å². The number of rotatable bonds is 3. The molecule has 3 heterocycles. The van der Waals surface area contributed by atoms with Crippen molar-refractivity contribution >= 4 is 47.2 Å². The number of fused-ring (bicyclic) bond motifs is 1. The van der Waals surface area contributed by atoms with E-state index in [0.717, 1.165) is 5.75 Å². The van der Waals surface area contributed by atoms with Crippen molar-refractivity contribution in [2.24, 2.45) is 0 Å². The summed E-state index contributed by atoms with van der Waals surface area (Å²) in [5, 5.41) is 19.0. The molecule has 18 heavy (non-hydrogen) atoms. The van der Waals surface area contributed by atoms with Gasteiger partial charge in [-0.05, 0) is 0 Å². The number of hydrogen-bond donors (Lipinski definition) is 2. The van der Waals surface area contributed by atoms with E-state index in [1.807, 2.05) is 0 Å². The number of aliphatic hydroxyl groups is 1. The normalized spacial score (nSPS) is 34.8. The topological polar surface area (TPSA) is 77.8 Å². The third-order valence-corrected chi connectivity index (χ3v) is 7.25. The number of carboxylic acid groups (broad SMARTS) is 1. The fourth-order valence-electron chi connectivity index (χ4n) is 2.08. The Morgan fingerprint density at radius 1 is 1.44 bits per heavy atom. The lowest BCUT2D eigenvalue weighted by Crippen LogP contribution is -2.48. The molecule has 5 nitrogen and oxygen atoms in total. The molecule has 0 unspecified atom stereocenters. The highest BCUT2D eigenvalue weighted by molar-refractivity contribution is 8.23. The molecule has 3 rings (SSSR count). The van der Waals surface area contributed by atoms with E-state index in [1.54, 1.807) is 11.8 Å². The van der Waals surface area contributed by atoms with E-state index in [0.29, 0.717) is 16.4 Å². The quantitative estimate of drug-likeness (QED) is 0.745. The van der Waals surface area contributed by atoms with E-state index < -0.39 is 12.1 Å². The first-order chi connectivity index (χ1) is 8.58. The monoisotopic (exact) mass is 305 g/mol. The molecule has 2 N–H and O–H groups in total. The number of carbonyl (C=O) groups is 2. The Bertz CT molecular complexity index is 452. The van der Waals surface area contributed by atoms with Gasteiger partial charge in [0.1, 0.15) is 0 Å². The molecule has 0 spiro atoms. The summed E-state index contributed by atoms with van der Waals surface area (Å²) in [7, 11) is 0. The van der Waals surface area contributed by atoms with Crippen LogP contribution in [0.2, 0.25) is 0 Å². The maximum atomic E-state index is 11.4. The van der Waals surface area contributed by atoms with Crippen molar-refractivity contribution in [1.29, 1.82) is 0 Å². The minimum atomic E-state index is -1.05. The number of aliphatic hydroxyl groups excluding tert-OH is 1. The molecule has 0 radical (unpaired) electrons. The Labute approximate surface area is 116 Å². The molecule has 0 aromatic rings. The third-order valence-electron chi connectivity index (χ3n) is 3.04. The third kappa shape index (κ3) is 1.95. The van der Waals surface area contributed by atoms with Crippen molar-refractivity contribution in [3.05, 3.63) is 9.93 Å². The zero-order valence-electron chi connectivity index (χ0n) is 9.24. The largest absolute Gasteiger partial charge is 0.477 e. The lowest BCUT2D eigenvalue weighted by atomic mass is 10.2. The minimum absolute atomic E-state index is 0.0284. The van der Waals surface area contributed by atoms with Crippen LogP contribution in [0, 0.1) is 0 Å². The predicted molar refractivity (Wildman–Crippen MR) is 72.2 cm³/mol. The maximum absolute atomic E-state index is 11.4. The molecule has 3 aliphatic rings. The zero-order chi connectivity index (χ0) is 12.9. The molecule has 1 amide bonds. The van der Waals surface area contributed by atoms with E-state index in [-0.39, 0.29) is 22.2 Å². The molecular formula is C10H11NO4S3. The summed E-state index contributed by atoms with van der Waals surface area (Å²) < 4.78 is 0.671. The van der Waals surface area contributed by atoms with Crippen molar-refractivity contribution < 1.29 is 19.8 Å². The summed E-state index contributed by atoms with van der Waals surface area (Å²) in [5.41, 5.74) is 0.107. The van der Waals surface area contributed by atoms with E-state index in [1.165, 1.54) is 28.4 Å². The molecule has 3 aliphatic heterocycles. The molecule has 0 bridgehead atoms. The molecule has 98 valence electrons. The molecule has 3 atom stereocenters. The molecule has 2 fully saturated rings. The van der Waals surface area contributed by atoms with Crippen molar-refractivity contribution in [1.82, 2.24) is 4.90 Å². The smallest absolute Gasteiger partial charge is 0.354 e. The Balaban J connectivity index is 1.82. The highest BCUT2D eigenvalue weighted by atomic mass is 32.2. The van der Waals surface area contributed by atoms with Gasteiger partial charge in [-0.15, -0.1) is 11.8 Å². The van der Waals surface area contributed by atoms with Gasteiger partial charge in [0.15, 0.2) is 5.70 Å². The van der Waals surface area contributed by atoms with E-state index in [2.05, 4.69) is 0 Å². The number of nitrogens with zero attached hydrogens (tertiary/aromatic N) is 1. The maximum Gasteiger partial charge on any atom is 0.354 e. The number of thioether (sulfide) groups is 3. The second-order valence-corrected chi connectivity index (χ2v) is 8.01. The number of hydrogen-bond acceptors (Lipinski definition) is 6.